The van der Waals surface area contributed by atoms with E-state index in [1.165, 1.54) is 37.0 Å². The molecular formula is C18H33N5OS. The minimum Gasteiger partial charge on any atom is -0.357 e. The predicted octanol–water partition coefficient (Wildman–Crippen LogP) is 3.10. The maximum Gasteiger partial charge on any atom is 0.263 e. The fourth-order valence-corrected chi connectivity index (χ4v) is 3.16. The molecule has 1 atom stereocenters. The predicted molar refractivity (Wildman–Crippen MR) is 107 cm³/mol. The van der Waals surface area contributed by atoms with Crippen LogP contribution in [0, 0.1) is 6.92 Å². The van der Waals surface area contributed by atoms with Gasteiger partial charge in [0.25, 0.3) is 5.91 Å². The number of aliphatic imine (C=N–C) groups is 1. The molecule has 0 aliphatic heterocycles. The SMILES string of the molecule is CCCCCCC(C)NC(=NCCNC(=O)c1scnc1C)NCC. The van der Waals surface area contributed by atoms with E-state index in [0.29, 0.717) is 24.0 Å². The lowest BCUT2D eigenvalue weighted by molar-refractivity contribution is 0.0958. The van der Waals surface area contributed by atoms with Crippen LogP contribution in [-0.2, 0) is 0 Å². The minimum atomic E-state index is -0.0718. The molecule has 1 heterocycles. The molecule has 0 aromatic carbocycles. The zero-order chi connectivity index (χ0) is 18.5. The molecule has 142 valence electrons. The number of nitrogens with zero attached hydrogens (tertiary/aromatic N) is 2. The Morgan fingerprint density at radius 2 is 2.08 bits per heavy atom. The van der Waals surface area contributed by atoms with Gasteiger partial charge in [0.15, 0.2) is 5.96 Å². The Morgan fingerprint density at radius 3 is 2.72 bits per heavy atom. The summed E-state index contributed by atoms with van der Waals surface area (Å²) >= 11 is 1.37. The van der Waals surface area contributed by atoms with E-state index in [9.17, 15) is 4.79 Å². The molecular weight excluding hydrogens is 334 g/mol. The summed E-state index contributed by atoms with van der Waals surface area (Å²) in [7, 11) is 0. The highest BCUT2D eigenvalue weighted by Gasteiger charge is 2.10. The largest absolute Gasteiger partial charge is 0.357 e. The van der Waals surface area contributed by atoms with E-state index in [2.05, 4.69) is 46.7 Å². The van der Waals surface area contributed by atoms with Crippen molar-refractivity contribution in [2.45, 2.75) is 65.8 Å². The van der Waals surface area contributed by atoms with Crippen molar-refractivity contribution in [2.75, 3.05) is 19.6 Å². The Morgan fingerprint density at radius 1 is 1.28 bits per heavy atom. The van der Waals surface area contributed by atoms with Crippen LogP contribution < -0.4 is 16.0 Å². The number of hydrogen-bond donors (Lipinski definition) is 3. The van der Waals surface area contributed by atoms with Crippen molar-refractivity contribution in [1.29, 1.82) is 0 Å². The maximum atomic E-state index is 12.0. The average Bonchev–Trinajstić information content (AvgIpc) is 3.01. The zero-order valence-electron chi connectivity index (χ0n) is 16.0. The first-order valence-corrected chi connectivity index (χ1v) is 10.2. The molecule has 7 heteroatoms. The Bertz CT molecular complexity index is 529. The van der Waals surface area contributed by atoms with Gasteiger partial charge in [-0.25, -0.2) is 4.98 Å². The molecule has 6 nitrogen and oxygen atoms in total. The standard InChI is InChI=1S/C18H33N5OS/c1-5-7-8-9-10-14(3)23-18(19-6-2)21-12-11-20-17(24)16-15(4)22-13-25-16/h13-14H,5-12H2,1-4H3,(H,20,24)(H2,19,21,23). The van der Waals surface area contributed by atoms with Crippen molar-refractivity contribution in [3.05, 3.63) is 16.1 Å². The van der Waals surface area contributed by atoms with Gasteiger partial charge in [-0.1, -0.05) is 32.6 Å². The fraction of sp³-hybridized carbons (Fsp3) is 0.722. The van der Waals surface area contributed by atoms with Gasteiger partial charge in [0.2, 0.25) is 0 Å². The summed E-state index contributed by atoms with van der Waals surface area (Å²) in [5.74, 6) is 0.742. The number of aromatic nitrogens is 1. The number of unbranched alkanes of at least 4 members (excludes halogenated alkanes) is 3. The molecule has 1 unspecified atom stereocenters. The summed E-state index contributed by atoms with van der Waals surface area (Å²) in [4.78, 5) is 21.3. The quantitative estimate of drug-likeness (QED) is 0.319. The van der Waals surface area contributed by atoms with Crippen LogP contribution in [0.3, 0.4) is 0 Å². The van der Waals surface area contributed by atoms with E-state index >= 15 is 0 Å². The van der Waals surface area contributed by atoms with Crippen molar-refractivity contribution in [3.63, 3.8) is 0 Å². The van der Waals surface area contributed by atoms with Crippen molar-refractivity contribution in [3.8, 4) is 0 Å². The number of nitrogens with one attached hydrogen (secondary N) is 3. The van der Waals surface area contributed by atoms with Gasteiger partial charge < -0.3 is 16.0 Å². The first-order chi connectivity index (χ1) is 12.1. The average molecular weight is 368 g/mol. The van der Waals surface area contributed by atoms with Crippen molar-refractivity contribution in [2.24, 2.45) is 4.99 Å². The van der Waals surface area contributed by atoms with Gasteiger partial charge in [-0.3, -0.25) is 9.79 Å². The normalized spacial score (nSPS) is 12.7. The monoisotopic (exact) mass is 367 g/mol. The smallest absolute Gasteiger partial charge is 0.263 e. The van der Waals surface area contributed by atoms with Gasteiger partial charge in [-0.15, -0.1) is 11.3 Å². The highest BCUT2D eigenvalue weighted by atomic mass is 32.1. The maximum absolute atomic E-state index is 12.0. The van der Waals surface area contributed by atoms with Gasteiger partial charge in [-0.05, 0) is 27.2 Å². The third-order valence-electron chi connectivity index (χ3n) is 3.84. The van der Waals surface area contributed by atoms with Crippen LogP contribution in [0.4, 0.5) is 0 Å². The summed E-state index contributed by atoms with van der Waals surface area (Å²) in [6, 6.07) is 0.393. The molecule has 0 radical (unpaired) electrons. The summed E-state index contributed by atoms with van der Waals surface area (Å²) in [5, 5.41) is 9.59. The lowest BCUT2D eigenvalue weighted by atomic mass is 10.1. The Labute approximate surface area is 155 Å². The number of thiazole rings is 1. The summed E-state index contributed by atoms with van der Waals surface area (Å²) in [6.07, 6.45) is 6.25. The second-order valence-corrected chi connectivity index (χ2v) is 7.03. The van der Waals surface area contributed by atoms with Gasteiger partial charge in [0, 0.05) is 19.1 Å². The van der Waals surface area contributed by atoms with E-state index in [-0.39, 0.29) is 5.91 Å². The third kappa shape index (κ3) is 8.86. The van der Waals surface area contributed by atoms with Gasteiger partial charge in [0.05, 0.1) is 17.7 Å². The molecule has 0 saturated carbocycles. The van der Waals surface area contributed by atoms with Crippen LogP contribution in [0.2, 0.25) is 0 Å². The third-order valence-corrected chi connectivity index (χ3v) is 4.76. The zero-order valence-corrected chi connectivity index (χ0v) is 16.8. The number of rotatable bonds is 11. The van der Waals surface area contributed by atoms with E-state index < -0.39 is 0 Å². The number of hydrogen-bond acceptors (Lipinski definition) is 4. The fourth-order valence-electron chi connectivity index (χ4n) is 2.44. The first kappa shape index (κ1) is 21.4. The Hall–Kier alpha value is -1.63. The number of guanidine groups is 1. The number of carbonyl (C=O) groups excluding carboxylic acids is 1. The molecule has 0 saturated heterocycles. The molecule has 0 aliphatic carbocycles. The van der Waals surface area contributed by atoms with Crippen molar-refractivity contribution >= 4 is 23.2 Å². The summed E-state index contributed by atoms with van der Waals surface area (Å²) in [6.45, 7) is 10.2. The minimum absolute atomic E-state index is 0.0718. The lowest BCUT2D eigenvalue weighted by Crippen LogP contribution is -2.42. The molecule has 3 N–H and O–H groups in total. The molecule has 0 fully saturated rings. The van der Waals surface area contributed by atoms with Crippen LogP contribution in [0.5, 0.6) is 0 Å². The van der Waals surface area contributed by atoms with E-state index in [4.69, 9.17) is 0 Å². The molecule has 0 spiro atoms. The second kappa shape index (κ2) is 12.7. The van der Waals surface area contributed by atoms with Crippen LogP contribution in [0.25, 0.3) is 0 Å². The molecule has 25 heavy (non-hydrogen) atoms. The van der Waals surface area contributed by atoms with Crippen molar-refractivity contribution < 1.29 is 4.79 Å². The molecule has 1 aromatic heterocycles. The molecule has 0 bridgehead atoms. The second-order valence-electron chi connectivity index (χ2n) is 6.18. The summed E-state index contributed by atoms with van der Waals surface area (Å²) < 4.78 is 0. The highest BCUT2D eigenvalue weighted by molar-refractivity contribution is 7.11. The number of aryl methyl sites for hydroxylation is 1. The lowest BCUT2D eigenvalue weighted by Gasteiger charge is -2.17. The Kier molecular flexibility index (Phi) is 10.9. The van der Waals surface area contributed by atoms with E-state index in [0.717, 1.165) is 24.6 Å². The number of carbonyl (C=O) groups is 1. The summed E-state index contributed by atoms with van der Waals surface area (Å²) in [5.41, 5.74) is 2.47. The molecule has 1 aromatic rings. The first-order valence-electron chi connectivity index (χ1n) is 9.31. The van der Waals surface area contributed by atoms with E-state index in [1.807, 2.05) is 6.92 Å². The topological polar surface area (TPSA) is 78.4 Å². The van der Waals surface area contributed by atoms with E-state index in [1.54, 1.807) is 5.51 Å². The van der Waals surface area contributed by atoms with Crippen molar-refractivity contribution in [1.82, 2.24) is 20.9 Å². The highest BCUT2D eigenvalue weighted by Crippen LogP contribution is 2.11. The van der Waals surface area contributed by atoms with Crippen LogP contribution in [-0.4, -0.2) is 42.5 Å². The van der Waals surface area contributed by atoms with Crippen LogP contribution >= 0.6 is 11.3 Å². The molecule has 1 rings (SSSR count). The number of amides is 1. The van der Waals surface area contributed by atoms with Gasteiger partial charge in [0.1, 0.15) is 4.88 Å². The molecule has 0 aliphatic rings. The molecule has 1 amide bonds. The Balaban J connectivity index is 2.34. The van der Waals surface area contributed by atoms with Gasteiger partial charge >= 0.3 is 0 Å². The van der Waals surface area contributed by atoms with Crippen LogP contribution in [0.1, 0.15) is 68.2 Å². The van der Waals surface area contributed by atoms with Crippen LogP contribution in [0.15, 0.2) is 10.5 Å². The van der Waals surface area contributed by atoms with Gasteiger partial charge in [-0.2, -0.15) is 0 Å².